The van der Waals surface area contributed by atoms with Crippen LogP contribution in [0.5, 0.6) is 0 Å². The minimum atomic E-state index is -0.436. The SMILES string of the molecule is CCOC(=O)CCCc1nc2cc([N+](=O)[O-])ccc2n1C. The number of ether oxygens (including phenoxy) is 1. The minimum Gasteiger partial charge on any atom is -0.466 e. The molecule has 0 atom stereocenters. The van der Waals surface area contributed by atoms with E-state index in [1.54, 1.807) is 13.0 Å². The van der Waals surface area contributed by atoms with Crippen LogP contribution in [0.1, 0.15) is 25.6 Å². The van der Waals surface area contributed by atoms with Gasteiger partial charge in [0.1, 0.15) is 5.82 Å². The van der Waals surface area contributed by atoms with Crippen molar-refractivity contribution in [3.8, 4) is 0 Å². The quantitative estimate of drug-likeness (QED) is 0.463. The highest BCUT2D eigenvalue weighted by molar-refractivity contribution is 5.78. The molecule has 0 bridgehead atoms. The van der Waals surface area contributed by atoms with E-state index >= 15 is 0 Å². The van der Waals surface area contributed by atoms with Gasteiger partial charge in [0.25, 0.3) is 5.69 Å². The van der Waals surface area contributed by atoms with Crippen LogP contribution in [0.4, 0.5) is 5.69 Å². The lowest BCUT2D eigenvalue weighted by Crippen LogP contribution is -2.05. The Labute approximate surface area is 121 Å². The first-order valence-corrected chi connectivity index (χ1v) is 6.78. The number of nitrogens with zero attached hydrogens (tertiary/aromatic N) is 3. The topological polar surface area (TPSA) is 87.3 Å². The van der Waals surface area contributed by atoms with Crippen molar-refractivity contribution in [3.05, 3.63) is 34.1 Å². The van der Waals surface area contributed by atoms with Crippen molar-refractivity contribution in [2.75, 3.05) is 6.61 Å². The van der Waals surface area contributed by atoms with Gasteiger partial charge >= 0.3 is 5.97 Å². The summed E-state index contributed by atoms with van der Waals surface area (Å²) in [7, 11) is 1.86. The smallest absolute Gasteiger partial charge is 0.305 e. The Kier molecular flexibility index (Phi) is 4.52. The second kappa shape index (κ2) is 6.34. The number of nitro groups is 1. The van der Waals surface area contributed by atoms with Crippen LogP contribution in [0.2, 0.25) is 0 Å². The Hall–Kier alpha value is -2.44. The molecule has 0 fully saturated rings. The van der Waals surface area contributed by atoms with Gasteiger partial charge in [-0.2, -0.15) is 0 Å². The summed E-state index contributed by atoms with van der Waals surface area (Å²) in [6.45, 7) is 2.16. The Balaban J connectivity index is 2.12. The number of nitro benzene ring substituents is 1. The number of hydrogen-bond donors (Lipinski definition) is 0. The van der Waals surface area contributed by atoms with Crippen molar-refractivity contribution in [1.29, 1.82) is 0 Å². The first kappa shape index (κ1) is 15.0. The molecule has 0 aliphatic heterocycles. The first-order chi connectivity index (χ1) is 10.0. The molecule has 0 N–H and O–H groups in total. The minimum absolute atomic E-state index is 0.0265. The molecule has 0 aliphatic rings. The van der Waals surface area contributed by atoms with Crippen molar-refractivity contribution in [1.82, 2.24) is 9.55 Å². The lowest BCUT2D eigenvalue weighted by Gasteiger charge is -2.03. The monoisotopic (exact) mass is 291 g/mol. The van der Waals surface area contributed by atoms with Crippen LogP contribution in [-0.4, -0.2) is 27.1 Å². The molecule has 7 heteroatoms. The van der Waals surface area contributed by atoms with Gasteiger partial charge < -0.3 is 9.30 Å². The fourth-order valence-electron chi connectivity index (χ4n) is 2.20. The number of carbonyl (C=O) groups is 1. The van der Waals surface area contributed by atoms with Crippen LogP contribution in [0.3, 0.4) is 0 Å². The van der Waals surface area contributed by atoms with E-state index in [0.29, 0.717) is 31.4 Å². The summed E-state index contributed by atoms with van der Waals surface area (Å²) in [5, 5.41) is 10.8. The summed E-state index contributed by atoms with van der Waals surface area (Å²) in [5.74, 6) is 0.585. The normalized spacial score (nSPS) is 10.8. The predicted octanol–water partition coefficient (Wildman–Crippen LogP) is 2.37. The maximum atomic E-state index is 11.3. The number of imidazole rings is 1. The summed E-state index contributed by atoms with van der Waals surface area (Å²) in [5.41, 5.74) is 1.46. The molecule has 0 spiro atoms. The number of fused-ring (bicyclic) bond motifs is 1. The third-order valence-electron chi connectivity index (χ3n) is 3.25. The Morgan fingerprint density at radius 1 is 1.48 bits per heavy atom. The largest absolute Gasteiger partial charge is 0.466 e. The maximum absolute atomic E-state index is 11.3. The second-order valence-corrected chi connectivity index (χ2v) is 4.68. The van der Waals surface area contributed by atoms with Crippen LogP contribution >= 0.6 is 0 Å². The van der Waals surface area contributed by atoms with Crippen LogP contribution in [-0.2, 0) is 23.0 Å². The lowest BCUT2D eigenvalue weighted by atomic mass is 10.2. The third-order valence-corrected chi connectivity index (χ3v) is 3.25. The highest BCUT2D eigenvalue weighted by atomic mass is 16.6. The van der Waals surface area contributed by atoms with E-state index in [1.165, 1.54) is 12.1 Å². The average Bonchev–Trinajstić information content (AvgIpc) is 2.75. The van der Waals surface area contributed by atoms with Gasteiger partial charge in [-0.15, -0.1) is 0 Å². The summed E-state index contributed by atoms with van der Waals surface area (Å²) in [4.78, 5) is 26.0. The zero-order valence-electron chi connectivity index (χ0n) is 12.0. The van der Waals surface area contributed by atoms with E-state index in [2.05, 4.69) is 4.98 Å². The number of rotatable bonds is 6. The molecule has 112 valence electrons. The number of aryl methyl sites for hydroxylation is 2. The Morgan fingerprint density at radius 3 is 2.90 bits per heavy atom. The molecule has 1 heterocycles. The molecule has 0 saturated heterocycles. The van der Waals surface area contributed by atoms with Gasteiger partial charge in [0.15, 0.2) is 0 Å². The Bertz CT molecular complexity index is 678. The number of hydrogen-bond acceptors (Lipinski definition) is 5. The number of benzene rings is 1. The van der Waals surface area contributed by atoms with Crippen LogP contribution in [0.15, 0.2) is 18.2 Å². The number of non-ortho nitro benzene ring substituents is 1. The highest BCUT2D eigenvalue weighted by Gasteiger charge is 2.13. The van der Waals surface area contributed by atoms with E-state index in [9.17, 15) is 14.9 Å². The molecular formula is C14H17N3O4. The third kappa shape index (κ3) is 3.36. The van der Waals surface area contributed by atoms with Crippen LogP contribution in [0, 0.1) is 10.1 Å². The van der Waals surface area contributed by atoms with Crippen molar-refractivity contribution in [2.24, 2.45) is 7.05 Å². The van der Waals surface area contributed by atoms with Crippen molar-refractivity contribution in [2.45, 2.75) is 26.2 Å². The predicted molar refractivity (Wildman–Crippen MR) is 76.9 cm³/mol. The molecule has 0 amide bonds. The molecule has 2 rings (SSSR count). The second-order valence-electron chi connectivity index (χ2n) is 4.68. The van der Waals surface area contributed by atoms with Gasteiger partial charge in [0.05, 0.1) is 22.6 Å². The zero-order valence-corrected chi connectivity index (χ0v) is 12.0. The molecule has 0 aliphatic carbocycles. The Morgan fingerprint density at radius 2 is 2.24 bits per heavy atom. The number of esters is 1. The van der Waals surface area contributed by atoms with Gasteiger partial charge in [-0.1, -0.05) is 0 Å². The average molecular weight is 291 g/mol. The molecule has 0 unspecified atom stereocenters. The summed E-state index contributed by atoms with van der Waals surface area (Å²) >= 11 is 0. The first-order valence-electron chi connectivity index (χ1n) is 6.78. The van der Waals surface area contributed by atoms with E-state index in [0.717, 1.165) is 11.3 Å². The lowest BCUT2D eigenvalue weighted by molar-refractivity contribution is -0.384. The standard InChI is InChI=1S/C14H17N3O4/c1-3-21-14(18)6-4-5-13-15-11-9-10(17(19)20)7-8-12(11)16(13)2/h7-9H,3-6H2,1-2H3. The fourth-order valence-corrected chi connectivity index (χ4v) is 2.20. The zero-order chi connectivity index (χ0) is 15.4. The van der Waals surface area contributed by atoms with Crippen LogP contribution in [0.25, 0.3) is 11.0 Å². The summed E-state index contributed by atoms with van der Waals surface area (Å²) < 4.78 is 6.76. The van der Waals surface area contributed by atoms with Gasteiger partial charge in [0, 0.05) is 32.0 Å². The van der Waals surface area contributed by atoms with Gasteiger partial charge in [-0.05, 0) is 19.4 Å². The summed E-state index contributed by atoms with van der Waals surface area (Å²) in [6.07, 6.45) is 1.60. The van der Waals surface area contributed by atoms with Crippen LogP contribution < -0.4 is 0 Å². The van der Waals surface area contributed by atoms with Crippen molar-refractivity contribution in [3.63, 3.8) is 0 Å². The molecular weight excluding hydrogens is 274 g/mol. The number of carbonyl (C=O) groups excluding carboxylic acids is 1. The van der Waals surface area contributed by atoms with E-state index < -0.39 is 4.92 Å². The van der Waals surface area contributed by atoms with Crippen molar-refractivity contribution >= 4 is 22.7 Å². The molecule has 21 heavy (non-hydrogen) atoms. The van der Waals surface area contributed by atoms with Gasteiger partial charge in [-0.25, -0.2) is 4.98 Å². The molecule has 1 aromatic heterocycles. The molecule has 0 radical (unpaired) electrons. The number of aromatic nitrogens is 2. The van der Waals surface area contributed by atoms with E-state index in [-0.39, 0.29) is 11.7 Å². The van der Waals surface area contributed by atoms with E-state index in [1.807, 2.05) is 11.6 Å². The molecule has 2 aromatic rings. The molecule has 7 nitrogen and oxygen atoms in total. The maximum Gasteiger partial charge on any atom is 0.305 e. The van der Waals surface area contributed by atoms with Crippen molar-refractivity contribution < 1.29 is 14.5 Å². The van der Waals surface area contributed by atoms with Gasteiger partial charge in [-0.3, -0.25) is 14.9 Å². The molecule has 0 saturated carbocycles. The summed E-state index contributed by atoms with van der Waals surface area (Å²) in [6, 6.07) is 4.62. The fraction of sp³-hybridized carbons (Fsp3) is 0.429. The van der Waals surface area contributed by atoms with E-state index in [4.69, 9.17) is 4.74 Å². The molecule has 1 aromatic carbocycles. The highest BCUT2D eigenvalue weighted by Crippen LogP contribution is 2.21. The van der Waals surface area contributed by atoms with Gasteiger partial charge in [0.2, 0.25) is 0 Å².